The van der Waals surface area contributed by atoms with Crippen molar-refractivity contribution in [1.29, 1.82) is 0 Å². The van der Waals surface area contributed by atoms with Gasteiger partial charge in [0.1, 0.15) is 0 Å². The molecule has 2 saturated heterocycles. The normalized spacial score (nSPS) is 31.8. The first-order valence-corrected chi connectivity index (χ1v) is 8.57. The lowest BCUT2D eigenvalue weighted by Crippen LogP contribution is -2.57. The summed E-state index contributed by atoms with van der Waals surface area (Å²) in [5, 5.41) is 0. The van der Waals surface area contributed by atoms with Crippen molar-refractivity contribution < 1.29 is 9.47 Å². The van der Waals surface area contributed by atoms with Gasteiger partial charge in [-0.1, -0.05) is 0 Å². The van der Waals surface area contributed by atoms with Gasteiger partial charge >= 0.3 is 0 Å². The van der Waals surface area contributed by atoms with E-state index >= 15 is 0 Å². The molecular weight excluding hydrogens is 278 g/mol. The summed E-state index contributed by atoms with van der Waals surface area (Å²) < 4.78 is 12.2. The summed E-state index contributed by atoms with van der Waals surface area (Å²) in [6, 6.07) is 1.87. The Morgan fingerprint density at radius 2 is 2.14 bits per heavy atom. The molecule has 0 bridgehead atoms. The quantitative estimate of drug-likeness (QED) is 0.835. The highest BCUT2D eigenvalue weighted by Gasteiger charge is 2.47. The molecule has 3 aliphatic rings. The molecule has 2 unspecified atom stereocenters. The molecule has 120 valence electrons. The fraction of sp³-hybridized carbons (Fsp3) is 0.765. The van der Waals surface area contributed by atoms with Gasteiger partial charge in [0.15, 0.2) is 0 Å². The van der Waals surface area contributed by atoms with Crippen LogP contribution in [0.2, 0.25) is 0 Å². The Hall–Kier alpha value is -1.20. The third-order valence-corrected chi connectivity index (χ3v) is 5.26. The van der Waals surface area contributed by atoms with Gasteiger partial charge in [0.2, 0.25) is 5.95 Å². The summed E-state index contributed by atoms with van der Waals surface area (Å²) in [5.74, 6) is 1.66. The minimum Gasteiger partial charge on any atom is -0.380 e. The molecule has 2 aliphatic heterocycles. The number of anilines is 1. The molecule has 0 N–H and O–H groups in total. The van der Waals surface area contributed by atoms with Crippen LogP contribution in [-0.4, -0.2) is 49.0 Å². The second-order valence-corrected chi connectivity index (χ2v) is 7.04. The third kappa shape index (κ3) is 2.97. The second kappa shape index (κ2) is 6.13. The molecular formula is C17H25N3O2. The zero-order valence-corrected chi connectivity index (χ0v) is 13.1. The standard InChI is InChI=1S/C17H25N3O2/c1-6-17(13-21-11-14-3-4-14)12-20(9-5-15(17)22-10-1)16-18-7-2-8-19-16/h2,7-8,14-15H,1,3-6,9-13H2. The maximum Gasteiger partial charge on any atom is 0.225 e. The van der Waals surface area contributed by atoms with Crippen molar-refractivity contribution in [2.24, 2.45) is 11.3 Å². The molecule has 1 saturated carbocycles. The van der Waals surface area contributed by atoms with Crippen LogP contribution in [0.4, 0.5) is 5.95 Å². The smallest absolute Gasteiger partial charge is 0.225 e. The van der Waals surface area contributed by atoms with E-state index in [0.29, 0.717) is 6.10 Å². The van der Waals surface area contributed by atoms with Crippen molar-refractivity contribution in [2.75, 3.05) is 37.8 Å². The first kappa shape index (κ1) is 14.4. The van der Waals surface area contributed by atoms with Crippen LogP contribution in [-0.2, 0) is 9.47 Å². The average molecular weight is 303 g/mol. The molecule has 0 spiro atoms. The van der Waals surface area contributed by atoms with Gasteiger partial charge in [-0.05, 0) is 44.1 Å². The first-order valence-electron chi connectivity index (χ1n) is 8.57. The average Bonchev–Trinajstić information content (AvgIpc) is 3.39. The zero-order valence-electron chi connectivity index (χ0n) is 13.1. The van der Waals surface area contributed by atoms with Crippen LogP contribution in [0.25, 0.3) is 0 Å². The van der Waals surface area contributed by atoms with Gasteiger partial charge in [0.25, 0.3) is 0 Å². The van der Waals surface area contributed by atoms with Crippen molar-refractivity contribution in [2.45, 2.75) is 38.2 Å². The lowest BCUT2D eigenvalue weighted by molar-refractivity contribution is -0.126. The Labute approximate surface area is 132 Å². The van der Waals surface area contributed by atoms with Crippen molar-refractivity contribution in [3.8, 4) is 0 Å². The van der Waals surface area contributed by atoms with Crippen molar-refractivity contribution in [1.82, 2.24) is 9.97 Å². The zero-order chi connectivity index (χ0) is 14.8. The molecule has 2 atom stereocenters. The topological polar surface area (TPSA) is 47.5 Å². The highest BCUT2D eigenvalue weighted by Crippen LogP contribution is 2.41. The van der Waals surface area contributed by atoms with E-state index < -0.39 is 0 Å². The molecule has 22 heavy (non-hydrogen) atoms. The van der Waals surface area contributed by atoms with Gasteiger partial charge < -0.3 is 14.4 Å². The van der Waals surface area contributed by atoms with E-state index in [1.807, 2.05) is 18.5 Å². The van der Waals surface area contributed by atoms with Gasteiger partial charge in [-0.3, -0.25) is 0 Å². The summed E-state index contributed by atoms with van der Waals surface area (Å²) in [7, 11) is 0. The van der Waals surface area contributed by atoms with Gasteiger partial charge in [-0.2, -0.15) is 0 Å². The summed E-state index contributed by atoms with van der Waals surface area (Å²) in [5.41, 5.74) is 0.116. The molecule has 1 aliphatic carbocycles. The van der Waals surface area contributed by atoms with E-state index in [2.05, 4.69) is 14.9 Å². The van der Waals surface area contributed by atoms with E-state index in [-0.39, 0.29) is 5.41 Å². The van der Waals surface area contributed by atoms with E-state index in [1.165, 1.54) is 19.3 Å². The number of fused-ring (bicyclic) bond motifs is 1. The maximum absolute atomic E-state index is 6.10. The number of hydrogen-bond acceptors (Lipinski definition) is 5. The number of nitrogens with zero attached hydrogens (tertiary/aromatic N) is 3. The van der Waals surface area contributed by atoms with Crippen molar-refractivity contribution >= 4 is 5.95 Å². The maximum atomic E-state index is 6.10. The Morgan fingerprint density at radius 3 is 2.95 bits per heavy atom. The third-order valence-electron chi connectivity index (χ3n) is 5.26. The lowest BCUT2D eigenvalue weighted by Gasteiger charge is -2.50. The van der Waals surface area contributed by atoms with Gasteiger partial charge in [-0.25, -0.2) is 9.97 Å². The minimum atomic E-state index is 0.116. The van der Waals surface area contributed by atoms with Crippen LogP contribution >= 0.6 is 0 Å². The monoisotopic (exact) mass is 303 g/mol. The summed E-state index contributed by atoms with van der Waals surface area (Å²) in [4.78, 5) is 11.2. The highest BCUT2D eigenvalue weighted by atomic mass is 16.5. The summed E-state index contributed by atoms with van der Waals surface area (Å²) >= 11 is 0. The van der Waals surface area contributed by atoms with Crippen LogP contribution in [0.5, 0.6) is 0 Å². The number of rotatable bonds is 5. The number of aromatic nitrogens is 2. The number of hydrogen-bond donors (Lipinski definition) is 0. The lowest BCUT2D eigenvalue weighted by atomic mass is 9.73. The predicted molar refractivity (Wildman–Crippen MR) is 83.8 cm³/mol. The van der Waals surface area contributed by atoms with E-state index in [1.54, 1.807) is 0 Å². The molecule has 5 nitrogen and oxygen atoms in total. The molecule has 0 radical (unpaired) electrons. The summed E-state index contributed by atoms with van der Waals surface area (Å²) in [6.45, 7) is 4.57. The van der Waals surface area contributed by atoms with Crippen LogP contribution in [0.15, 0.2) is 18.5 Å². The first-order chi connectivity index (χ1) is 10.9. The van der Waals surface area contributed by atoms with Crippen LogP contribution in [0.3, 0.4) is 0 Å². The van der Waals surface area contributed by atoms with Gasteiger partial charge in [-0.15, -0.1) is 0 Å². The molecule has 1 aromatic heterocycles. The Bertz CT molecular complexity index is 494. The van der Waals surface area contributed by atoms with Gasteiger partial charge in [0.05, 0.1) is 12.7 Å². The highest BCUT2D eigenvalue weighted by molar-refractivity contribution is 5.31. The molecule has 0 aromatic carbocycles. The minimum absolute atomic E-state index is 0.116. The van der Waals surface area contributed by atoms with Crippen molar-refractivity contribution in [3.63, 3.8) is 0 Å². The van der Waals surface area contributed by atoms with Gasteiger partial charge in [0, 0.05) is 44.1 Å². The molecule has 5 heteroatoms. The van der Waals surface area contributed by atoms with E-state index in [9.17, 15) is 0 Å². The van der Waals surface area contributed by atoms with Crippen molar-refractivity contribution in [3.05, 3.63) is 18.5 Å². The molecule has 4 rings (SSSR count). The Morgan fingerprint density at radius 1 is 1.27 bits per heavy atom. The molecule has 3 fully saturated rings. The Balaban J connectivity index is 1.47. The predicted octanol–water partition coefficient (Wildman–Crippen LogP) is 2.28. The second-order valence-electron chi connectivity index (χ2n) is 7.04. The number of ether oxygens (including phenoxy) is 2. The number of piperidine rings is 1. The molecule has 1 aromatic rings. The SMILES string of the molecule is c1cnc(N2CCC3OCCCC3(COCC3CC3)C2)nc1. The van der Waals surface area contributed by atoms with E-state index in [0.717, 1.165) is 57.6 Å². The van der Waals surface area contributed by atoms with E-state index in [4.69, 9.17) is 9.47 Å². The molecule has 3 heterocycles. The van der Waals surface area contributed by atoms with Crippen LogP contribution in [0, 0.1) is 11.3 Å². The fourth-order valence-electron chi connectivity index (χ4n) is 3.84. The Kier molecular flexibility index (Phi) is 4.01. The summed E-state index contributed by atoms with van der Waals surface area (Å²) in [6.07, 6.45) is 10.0. The van der Waals surface area contributed by atoms with Crippen LogP contribution in [0.1, 0.15) is 32.1 Å². The largest absolute Gasteiger partial charge is 0.380 e. The fourth-order valence-corrected chi connectivity index (χ4v) is 3.84. The molecule has 0 amide bonds. The van der Waals surface area contributed by atoms with Crippen LogP contribution < -0.4 is 4.90 Å².